The zero-order valence-electron chi connectivity index (χ0n) is 8.53. The number of esters is 1. The standard InChI is InChI=1S/C11H13NO3/c1-7-2-3-8(12)6-10(7)15-9-4-5-14-11(9)13/h2-3,6,9H,4-5,12H2,1H3. The van der Waals surface area contributed by atoms with Crippen molar-refractivity contribution in [1.82, 2.24) is 0 Å². The normalized spacial score (nSPS) is 20.1. The molecule has 0 aromatic heterocycles. The number of nitrogen functional groups attached to an aromatic ring is 1. The monoisotopic (exact) mass is 207 g/mol. The zero-order chi connectivity index (χ0) is 10.8. The van der Waals surface area contributed by atoms with Gasteiger partial charge in [-0.15, -0.1) is 0 Å². The van der Waals surface area contributed by atoms with Crippen molar-refractivity contribution in [2.24, 2.45) is 0 Å². The molecule has 15 heavy (non-hydrogen) atoms. The first-order valence-electron chi connectivity index (χ1n) is 4.86. The first-order valence-corrected chi connectivity index (χ1v) is 4.86. The van der Waals surface area contributed by atoms with E-state index in [2.05, 4.69) is 0 Å². The highest BCUT2D eigenvalue weighted by molar-refractivity contribution is 5.76. The van der Waals surface area contributed by atoms with Crippen LogP contribution >= 0.6 is 0 Å². The Balaban J connectivity index is 2.16. The number of nitrogens with two attached hydrogens (primary N) is 1. The minimum Gasteiger partial charge on any atom is -0.478 e. The van der Waals surface area contributed by atoms with Gasteiger partial charge in [0.15, 0.2) is 6.10 Å². The van der Waals surface area contributed by atoms with Crippen molar-refractivity contribution in [1.29, 1.82) is 0 Å². The lowest BCUT2D eigenvalue weighted by Crippen LogP contribution is -2.22. The fourth-order valence-corrected chi connectivity index (χ4v) is 1.48. The Morgan fingerprint density at radius 1 is 1.53 bits per heavy atom. The highest BCUT2D eigenvalue weighted by Crippen LogP contribution is 2.24. The quantitative estimate of drug-likeness (QED) is 0.586. The number of benzene rings is 1. The van der Waals surface area contributed by atoms with Crippen molar-refractivity contribution in [3.05, 3.63) is 23.8 Å². The van der Waals surface area contributed by atoms with Crippen molar-refractivity contribution in [2.75, 3.05) is 12.3 Å². The molecule has 4 nitrogen and oxygen atoms in total. The summed E-state index contributed by atoms with van der Waals surface area (Å²) in [5.41, 5.74) is 7.23. The predicted octanol–water partition coefficient (Wildman–Crippen LogP) is 1.27. The molecule has 2 N–H and O–H groups in total. The average molecular weight is 207 g/mol. The van der Waals surface area contributed by atoms with Crippen LogP contribution in [0.5, 0.6) is 5.75 Å². The summed E-state index contributed by atoms with van der Waals surface area (Å²) in [7, 11) is 0. The van der Waals surface area contributed by atoms with Crippen molar-refractivity contribution in [2.45, 2.75) is 19.4 Å². The number of hydrogen-bond acceptors (Lipinski definition) is 4. The van der Waals surface area contributed by atoms with Gasteiger partial charge in [0.2, 0.25) is 0 Å². The van der Waals surface area contributed by atoms with Gasteiger partial charge in [0.1, 0.15) is 5.75 Å². The second kappa shape index (κ2) is 3.81. The number of anilines is 1. The van der Waals surface area contributed by atoms with Crippen LogP contribution in [0.25, 0.3) is 0 Å². The lowest BCUT2D eigenvalue weighted by atomic mass is 10.2. The van der Waals surface area contributed by atoms with Gasteiger partial charge in [-0.1, -0.05) is 6.07 Å². The van der Waals surface area contributed by atoms with Gasteiger partial charge in [0.25, 0.3) is 0 Å². The molecule has 0 bridgehead atoms. The third-order valence-electron chi connectivity index (χ3n) is 2.37. The summed E-state index contributed by atoms with van der Waals surface area (Å²) in [4.78, 5) is 11.2. The predicted molar refractivity (Wildman–Crippen MR) is 55.6 cm³/mol. The van der Waals surface area contributed by atoms with Crippen LogP contribution in [0.2, 0.25) is 0 Å². The second-order valence-corrected chi connectivity index (χ2v) is 3.59. The molecule has 1 fully saturated rings. The first-order chi connectivity index (χ1) is 7.16. The Labute approximate surface area is 88.0 Å². The summed E-state index contributed by atoms with van der Waals surface area (Å²) in [5.74, 6) is 0.357. The fraction of sp³-hybridized carbons (Fsp3) is 0.364. The summed E-state index contributed by atoms with van der Waals surface area (Å²) in [5, 5.41) is 0. The SMILES string of the molecule is Cc1ccc(N)cc1OC1CCOC1=O. The van der Waals surface area contributed by atoms with Gasteiger partial charge in [0, 0.05) is 18.2 Å². The highest BCUT2D eigenvalue weighted by Gasteiger charge is 2.28. The third-order valence-corrected chi connectivity index (χ3v) is 2.37. The van der Waals surface area contributed by atoms with E-state index in [-0.39, 0.29) is 5.97 Å². The maximum atomic E-state index is 11.2. The highest BCUT2D eigenvalue weighted by atomic mass is 16.6. The summed E-state index contributed by atoms with van der Waals surface area (Å²) in [6.45, 7) is 2.35. The van der Waals surface area contributed by atoms with Crippen LogP contribution in [0.3, 0.4) is 0 Å². The van der Waals surface area contributed by atoms with Gasteiger partial charge in [-0.3, -0.25) is 0 Å². The molecule has 80 valence electrons. The number of carbonyl (C=O) groups is 1. The topological polar surface area (TPSA) is 61.6 Å². The minimum atomic E-state index is -0.481. The summed E-state index contributed by atoms with van der Waals surface area (Å²) < 4.78 is 10.4. The van der Waals surface area contributed by atoms with E-state index in [0.29, 0.717) is 24.5 Å². The van der Waals surface area contributed by atoms with Gasteiger partial charge in [-0.05, 0) is 18.6 Å². The van der Waals surface area contributed by atoms with Crippen molar-refractivity contribution >= 4 is 11.7 Å². The van der Waals surface area contributed by atoms with Crippen molar-refractivity contribution in [3.8, 4) is 5.75 Å². The summed E-state index contributed by atoms with van der Waals surface area (Å²) in [6, 6.07) is 5.39. The molecule has 1 saturated heterocycles. The van der Waals surface area contributed by atoms with E-state index in [1.54, 1.807) is 12.1 Å². The molecule has 1 heterocycles. The van der Waals surface area contributed by atoms with E-state index < -0.39 is 6.10 Å². The van der Waals surface area contributed by atoms with E-state index in [4.69, 9.17) is 15.2 Å². The number of aryl methyl sites for hydroxylation is 1. The molecule has 1 atom stereocenters. The molecule has 0 saturated carbocycles. The van der Waals surface area contributed by atoms with Crippen LogP contribution in [0.15, 0.2) is 18.2 Å². The van der Waals surface area contributed by atoms with E-state index in [0.717, 1.165) is 5.56 Å². The Morgan fingerprint density at radius 3 is 3.00 bits per heavy atom. The lowest BCUT2D eigenvalue weighted by Gasteiger charge is -2.12. The van der Waals surface area contributed by atoms with E-state index in [1.807, 2.05) is 13.0 Å². The Hall–Kier alpha value is -1.71. The fourth-order valence-electron chi connectivity index (χ4n) is 1.48. The molecule has 0 aliphatic carbocycles. The number of rotatable bonds is 2. The number of carbonyl (C=O) groups excluding carboxylic acids is 1. The van der Waals surface area contributed by atoms with E-state index in [1.165, 1.54) is 0 Å². The molecule has 0 radical (unpaired) electrons. The number of hydrogen-bond donors (Lipinski definition) is 1. The molecule has 1 aliphatic rings. The van der Waals surface area contributed by atoms with Gasteiger partial charge in [-0.25, -0.2) is 4.79 Å². The first kappa shape index (κ1) is 9.83. The van der Waals surface area contributed by atoms with Crippen LogP contribution in [-0.2, 0) is 9.53 Å². The van der Waals surface area contributed by atoms with Crippen LogP contribution in [0.1, 0.15) is 12.0 Å². The van der Waals surface area contributed by atoms with Gasteiger partial charge >= 0.3 is 5.97 Å². The molecule has 1 aromatic rings. The molecule has 0 spiro atoms. The van der Waals surface area contributed by atoms with Gasteiger partial charge < -0.3 is 15.2 Å². The minimum absolute atomic E-state index is 0.295. The molecule has 2 rings (SSSR count). The van der Waals surface area contributed by atoms with E-state index in [9.17, 15) is 4.79 Å². The maximum absolute atomic E-state index is 11.2. The Morgan fingerprint density at radius 2 is 2.33 bits per heavy atom. The van der Waals surface area contributed by atoms with Gasteiger partial charge in [0.05, 0.1) is 6.61 Å². The maximum Gasteiger partial charge on any atom is 0.347 e. The Bertz CT molecular complexity index is 389. The molecular weight excluding hydrogens is 194 g/mol. The summed E-state index contributed by atoms with van der Waals surface area (Å²) in [6.07, 6.45) is 0.123. The van der Waals surface area contributed by atoms with Crippen LogP contribution in [0.4, 0.5) is 5.69 Å². The van der Waals surface area contributed by atoms with E-state index >= 15 is 0 Å². The van der Waals surface area contributed by atoms with Gasteiger partial charge in [-0.2, -0.15) is 0 Å². The van der Waals surface area contributed by atoms with Crippen LogP contribution in [-0.4, -0.2) is 18.7 Å². The molecule has 1 aliphatic heterocycles. The summed E-state index contributed by atoms with van der Waals surface area (Å²) >= 11 is 0. The van der Waals surface area contributed by atoms with Crippen LogP contribution < -0.4 is 10.5 Å². The number of cyclic esters (lactones) is 1. The molecule has 4 heteroatoms. The van der Waals surface area contributed by atoms with Crippen LogP contribution in [0, 0.1) is 6.92 Å². The largest absolute Gasteiger partial charge is 0.478 e. The van der Waals surface area contributed by atoms with Crippen molar-refractivity contribution in [3.63, 3.8) is 0 Å². The smallest absolute Gasteiger partial charge is 0.347 e. The Kier molecular flexibility index (Phi) is 2.49. The van der Waals surface area contributed by atoms with Crippen molar-refractivity contribution < 1.29 is 14.3 Å². The molecule has 0 amide bonds. The third kappa shape index (κ3) is 2.03. The molecular formula is C11H13NO3. The average Bonchev–Trinajstić information content (AvgIpc) is 2.58. The number of ether oxygens (including phenoxy) is 2. The molecule has 1 aromatic carbocycles. The second-order valence-electron chi connectivity index (χ2n) is 3.59. The zero-order valence-corrected chi connectivity index (χ0v) is 8.53. The molecule has 1 unspecified atom stereocenters. The lowest BCUT2D eigenvalue weighted by molar-refractivity contribution is -0.143.